The number of hydrogen-bond donors (Lipinski definition) is 0. The lowest BCUT2D eigenvalue weighted by Gasteiger charge is -2.35. The Balaban J connectivity index is 2.31. The molecule has 4 heteroatoms. The van der Waals surface area contributed by atoms with E-state index in [2.05, 4.69) is 0 Å². The van der Waals surface area contributed by atoms with Crippen LogP contribution in [0.3, 0.4) is 0 Å². The average Bonchev–Trinajstić information content (AvgIpc) is 2.83. The van der Waals surface area contributed by atoms with Crippen LogP contribution in [0.25, 0.3) is 0 Å². The van der Waals surface area contributed by atoms with Gasteiger partial charge in [-0.15, -0.1) is 0 Å². The third-order valence-corrected chi connectivity index (χ3v) is 5.69. The summed E-state index contributed by atoms with van der Waals surface area (Å²) in [4.78, 5) is 27.4. The van der Waals surface area contributed by atoms with Gasteiger partial charge in [0.15, 0.2) is 5.78 Å². The first-order valence-electron chi connectivity index (χ1n) is 7.50. The van der Waals surface area contributed by atoms with E-state index in [4.69, 9.17) is 0 Å². The van der Waals surface area contributed by atoms with E-state index in [1.54, 1.807) is 0 Å². The van der Waals surface area contributed by atoms with Crippen LogP contribution in [0.1, 0.15) is 48.0 Å². The van der Waals surface area contributed by atoms with E-state index in [0.29, 0.717) is 11.2 Å². The number of thioether (sulfide) groups is 1. The molecule has 0 spiro atoms. The number of Topliss-reactive ketones (excluding diaryl/α,β-unsaturated/α-hetero) is 1. The highest BCUT2D eigenvalue weighted by molar-refractivity contribution is 8.00. The normalized spacial score (nSPS) is 30.5. The van der Waals surface area contributed by atoms with Crippen LogP contribution < -0.4 is 0 Å². The monoisotopic (exact) mass is 297 g/mol. The number of rotatable bonds is 1. The SMILES string of the molecule is CC(C)(C)C(=O)C1C2CCSC2CN1C(=O)C(C)(C)C. The van der Waals surface area contributed by atoms with Gasteiger partial charge >= 0.3 is 0 Å². The molecule has 2 heterocycles. The molecule has 2 aliphatic heterocycles. The number of fused-ring (bicyclic) bond motifs is 1. The van der Waals surface area contributed by atoms with E-state index in [9.17, 15) is 9.59 Å². The Hall–Kier alpha value is -0.510. The maximum atomic E-state index is 12.8. The number of hydrogen-bond acceptors (Lipinski definition) is 3. The van der Waals surface area contributed by atoms with Gasteiger partial charge in [-0.2, -0.15) is 11.8 Å². The second-order valence-corrected chi connectivity index (χ2v) is 9.48. The number of ketones is 1. The van der Waals surface area contributed by atoms with Crippen LogP contribution >= 0.6 is 11.8 Å². The Morgan fingerprint density at radius 2 is 1.65 bits per heavy atom. The maximum absolute atomic E-state index is 12.8. The van der Waals surface area contributed by atoms with Crippen LogP contribution in [0, 0.1) is 16.7 Å². The molecule has 2 saturated heterocycles. The molecule has 0 bridgehead atoms. The standard InChI is InChI=1S/C16H27NO2S/c1-15(2,3)13(18)12-10-7-8-20-11(10)9-17(12)14(19)16(4,5)6/h10-12H,7-9H2,1-6H3. The lowest BCUT2D eigenvalue weighted by atomic mass is 9.80. The van der Waals surface area contributed by atoms with Gasteiger partial charge in [-0.25, -0.2) is 0 Å². The first-order valence-corrected chi connectivity index (χ1v) is 8.55. The van der Waals surface area contributed by atoms with Crippen molar-refractivity contribution in [3.63, 3.8) is 0 Å². The highest BCUT2D eigenvalue weighted by Crippen LogP contribution is 2.45. The van der Waals surface area contributed by atoms with Crippen molar-refractivity contribution in [1.29, 1.82) is 0 Å². The van der Waals surface area contributed by atoms with Gasteiger partial charge in [-0.05, 0) is 12.2 Å². The number of carbonyl (C=O) groups excluding carboxylic acids is 2. The van der Waals surface area contributed by atoms with Crippen LogP contribution in [0.5, 0.6) is 0 Å². The molecule has 0 aromatic carbocycles. The summed E-state index contributed by atoms with van der Waals surface area (Å²) in [6.07, 6.45) is 1.07. The highest BCUT2D eigenvalue weighted by Gasteiger charge is 2.52. The van der Waals surface area contributed by atoms with Crippen molar-refractivity contribution in [1.82, 2.24) is 4.90 Å². The van der Waals surface area contributed by atoms with Crippen molar-refractivity contribution in [3.05, 3.63) is 0 Å². The summed E-state index contributed by atoms with van der Waals surface area (Å²) in [7, 11) is 0. The number of amides is 1. The van der Waals surface area contributed by atoms with E-state index in [1.165, 1.54) is 0 Å². The molecule has 2 fully saturated rings. The quantitative estimate of drug-likeness (QED) is 0.746. The molecule has 20 heavy (non-hydrogen) atoms. The summed E-state index contributed by atoms with van der Waals surface area (Å²) in [5, 5.41) is 0.456. The van der Waals surface area contributed by atoms with Gasteiger partial charge in [0.1, 0.15) is 0 Å². The number of nitrogens with zero attached hydrogens (tertiary/aromatic N) is 1. The fraction of sp³-hybridized carbons (Fsp3) is 0.875. The van der Waals surface area contributed by atoms with E-state index in [0.717, 1.165) is 18.7 Å². The van der Waals surface area contributed by atoms with Crippen molar-refractivity contribution < 1.29 is 9.59 Å². The molecule has 3 atom stereocenters. The molecule has 0 radical (unpaired) electrons. The fourth-order valence-electron chi connectivity index (χ4n) is 3.17. The predicted octanol–water partition coefficient (Wildman–Crippen LogP) is 2.98. The molecule has 2 aliphatic rings. The minimum atomic E-state index is -0.417. The average molecular weight is 297 g/mol. The van der Waals surface area contributed by atoms with E-state index >= 15 is 0 Å². The first-order chi connectivity index (χ1) is 9.03. The van der Waals surface area contributed by atoms with Gasteiger partial charge in [0, 0.05) is 28.5 Å². The lowest BCUT2D eigenvalue weighted by Crippen LogP contribution is -2.50. The van der Waals surface area contributed by atoms with Crippen molar-refractivity contribution in [3.8, 4) is 0 Å². The van der Waals surface area contributed by atoms with Crippen molar-refractivity contribution in [2.45, 2.75) is 59.3 Å². The second-order valence-electron chi connectivity index (χ2n) is 8.13. The largest absolute Gasteiger partial charge is 0.331 e. The minimum absolute atomic E-state index is 0.120. The fourth-order valence-corrected chi connectivity index (χ4v) is 4.68. The zero-order chi connectivity index (χ0) is 15.3. The van der Waals surface area contributed by atoms with Crippen molar-refractivity contribution in [2.75, 3.05) is 12.3 Å². The topological polar surface area (TPSA) is 37.4 Å². The summed E-state index contributed by atoms with van der Waals surface area (Å²) in [6.45, 7) is 12.5. The lowest BCUT2D eigenvalue weighted by molar-refractivity contribution is -0.147. The molecule has 114 valence electrons. The minimum Gasteiger partial charge on any atom is -0.331 e. The van der Waals surface area contributed by atoms with Crippen molar-refractivity contribution >= 4 is 23.5 Å². The summed E-state index contributed by atoms with van der Waals surface area (Å²) in [6, 6.07) is -0.207. The molecule has 3 nitrogen and oxygen atoms in total. The smallest absolute Gasteiger partial charge is 0.228 e. The Kier molecular flexibility index (Phi) is 4.00. The summed E-state index contributed by atoms with van der Waals surface area (Å²) >= 11 is 1.93. The molecule has 0 N–H and O–H groups in total. The molecule has 1 amide bonds. The van der Waals surface area contributed by atoms with Crippen LogP contribution in [-0.2, 0) is 9.59 Å². The molecule has 0 saturated carbocycles. The Labute approximate surface area is 126 Å². The number of likely N-dealkylation sites (tertiary alicyclic amines) is 1. The first kappa shape index (κ1) is 15.9. The third-order valence-electron chi connectivity index (χ3n) is 4.29. The third kappa shape index (κ3) is 2.76. The molecule has 0 aliphatic carbocycles. The van der Waals surface area contributed by atoms with Crippen molar-refractivity contribution in [2.24, 2.45) is 16.7 Å². The Morgan fingerprint density at radius 1 is 1.05 bits per heavy atom. The highest BCUT2D eigenvalue weighted by atomic mass is 32.2. The van der Waals surface area contributed by atoms with E-state index in [1.807, 2.05) is 58.2 Å². The van der Waals surface area contributed by atoms with Crippen LogP contribution in [0.4, 0.5) is 0 Å². The number of carbonyl (C=O) groups is 2. The van der Waals surface area contributed by atoms with Gasteiger partial charge in [0.25, 0.3) is 0 Å². The van der Waals surface area contributed by atoms with Gasteiger partial charge in [-0.1, -0.05) is 41.5 Å². The Morgan fingerprint density at radius 3 is 2.15 bits per heavy atom. The van der Waals surface area contributed by atoms with Gasteiger partial charge < -0.3 is 4.90 Å². The predicted molar refractivity (Wildman–Crippen MR) is 83.8 cm³/mol. The summed E-state index contributed by atoms with van der Waals surface area (Å²) < 4.78 is 0. The van der Waals surface area contributed by atoms with E-state index in [-0.39, 0.29) is 23.1 Å². The zero-order valence-corrected chi connectivity index (χ0v) is 14.3. The zero-order valence-electron chi connectivity index (χ0n) is 13.5. The van der Waals surface area contributed by atoms with Gasteiger partial charge in [-0.3, -0.25) is 9.59 Å². The van der Waals surface area contributed by atoms with Crippen LogP contribution in [0.15, 0.2) is 0 Å². The molecule has 0 aromatic heterocycles. The van der Waals surface area contributed by atoms with Crippen LogP contribution in [-0.4, -0.2) is 40.2 Å². The molecule has 0 aromatic rings. The van der Waals surface area contributed by atoms with Crippen LogP contribution in [0.2, 0.25) is 0 Å². The Bertz CT molecular complexity index is 419. The molecule has 3 unspecified atom stereocenters. The molecular weight excluding hydrogens is 270 g/mol. The van der Waals surface area contributed by atoms with Gasteiger partial charge in [0.2, 0.25) is 5.91 Å². The maximum Gasteiger partial charge on any atom is 0.228 e. The second kappa shape index (κ2) is 5.04. The van der Waals surface area contributed by atoms with E-state index < -0.39 is 5.41 Å². The molecular formula is C16H27NO2S. The van der Waals surface area contributed by atoms with Gasteiger partial charge in [0.05, 0.1) is 6.04 Å². The summed E-state index contributed by atoms with van der Waals surface area (Å²) in [5.74, 6) is 1.83. The molecule has 2 rings (SSSR count). The summed E-state index contributed by atoms with van der Waals surface area (Å²) in [5.41, 5.74) is -0.803.